The highest BCUT2D eigenvalue weighted by Crippen LogP contribution is 2.20. The van der Waals surface area contributed by atoms with Gasteiger partial charge in [-0.05, 0) is 37.1 Å². The van der Waals surface area contributed by atoms with Crippen molar-refractivity contribution in [2.75, 3.05) is 11.9 Å². The third-order valence-electron chi connectivity index (χ3n) is 4.71. The van der Waals surface area contributed by atoms with Gasteiger partial charge in [0.05, 0.1) is 5.92 Å². The van der Waals surface area contributed by atoms with E-state index in [1.54, 1.807) is 62.4 Å². The third kappa shape index (κ3) is 6.76. The topological polar surface area (TPSA) is 72.5 Å². The van der Waals surface area contributed by atoms with Crippen LogP contribution >= 0.6 is 0 Å². The Labute approximate surface area is 174 Å². The van der Waals surface area contributed by atoms with Crippen molar-refractivity contribution in [2.24, 2.45) is 11.8 Å². The van der Waals surface area contributed by atoms with Crippen molar-refractivity contribution >= 4 is 23.3 Å². The number of ketones is 1. The number of carbonyl (C=O) groups is 3. The summed E-state index contributed by atoms with van der Waals surface area (Å²) >= 11 is 0. The number of amides is 1. The number of halogens is 2. The van der Waals surface area contributed by atoms with Gasteiger partial charge in [0, 0.05) is 22.7 Å². The van der Waals surface area contributed by atoms with Gasteiger partial charge in [-0.1, -0.05) is 44.2 Å². The molecule has 0 heterocycles. The number of anilines is 1. The van der Waals surface area contributed by atoms with Gasteiger partial charge < -0.3 is 10.1 Å². The van der Waals surface area contributed by atoms with Crippen LogP contribution in [0.1, 0.15) is 42.6 Å². The van der Waals surface area contributed by atoms with E-state index in [0.717, 1.165) is 0 Å². The molecule has 0 saturated heterocycles. The van der Waals surface area contributed by atoms with Gasteiger partial charge >= 0.3 is 5.97 Å². The zero-order valence-electron chi connectivity index (χ0n) is 16.9. The van der Waals surface area contributed by atoms with E-state index < -0.39 is 30.8 Å². The molecule has 2 aromatic rings. The van der Waals surface area contributed by atoms with Crippen LogP contribution in [-0.4, -0.2) is 30.7 Å². The zero-order chi connectivity index (χ0) is 22.1. The number of alkyl halides is 2. The van der Waals surface area contributed by atoms with Gasteiger partial charge in [0.25, 0.3) is 6.43 Å². The number of benzene rings is 2. The molecule has 0 bridgehead atoms. The average Bonchev–Trinajstić information content (AvgIpc) is 2.76. The molecule has 0 aliphatic carbocycles. The molecule has 2 atom stereocenters. The van der Waals surface area contributed by atoms with E-state index in [-0.39, 0.29) is 18.1 Å². The second-order valence-corrected chi connectivity index (χ2v) is 7.02. The summed E-state index contributed by atoms with van der Waals surface area (Å²) in [5, 5.41) is 2.74. The predicted molar refractivity (Wildman–Crippen MR) is 109 cm³/mol. The molecule has 0 aromatic heterocycles. The van der Waals surface area contributed by atoms with Crippen LogP contribution in [-0.2, 0) is 14.3 Å². The van der Waals surface area contributed by atoms with Gasteiger partial charge in [-0.3, -0.25) is 14.4 Å². The van der Waals surface area contributed by atoms with Gasteiger partial charge in [-0.25, -0.2) is 8.78 Å². The number of ether oxygens (including phenoxy) is 1. The average molecular weight is 417 g/mol. The van der Waals surface area contributed by atoms with E-state index >= 15 is 0 Å². The Morgan fingerprint density at radius 2 is 1.57 bits per heavy atom. The van der Waals surface area contributed by atoms with E-state index in [1.807, 2.05) is 6.07 Å². The van der Waals surface area contributed by atoms with Crippen molar-refractivity contribution in [2.45, 2.75) is 33.1 Å². The molecule has 0 aliphatic heterocycles. The lowest BCUT2D eigenvalue weighted by molar-refractivity contribution is -0.153. The summed E-state index contributed by atoms with van der Waals surface area (Å²) < 4.78 is 29.0. The number of carbonyl (C=O) groups excluding carboxylic acids is 3. The fraction of sp³-hybridized carbons (Fsp3) is 0.348. The lowest BCUT2D eigenvalue weighted by Gasteiger charge is -2.18. The molecule has 0 radical (unpaired) electrons. The molecule has 2 aromatic carbocycles. The molecule has 30 heavy (non-hydrogen) atoms. The first kappa shape index (κ1) is 23.2. The lowest BCUT2D eigenvalue weighted by atomic mass is 9.93. The quantitative estimate of drug-likeness (QED) is 0.449. The van der Waals surface area contributed by atoms with Crippen molar-refractivity contribution in [3.63, 3.8) is 0 Å². The van der Waals surface area contributed by atoms with Crippen LogP contribution in [0.3, 0.4) is 0 Å². The van der Waals surface area contributed by atoms with Crippen LogP contribution in [0.15, 0.2) is 54.6 Å². The Bertz CT molecular complexity index is 853. The molecule has 2 unspecified atom stereocenters. The largest absolute Gasteiger partial charge is 0.459 e. The second kappa shape index (κ2) is 11.2. The first-order valence-electron chi connectivity index (χ1n) is 9.77. The van der Waals surface area contributed by atoms with Gasteiger partial charge in [0.1, 0.15) is 0 Å². The lowest BCUT2D eigenvalue weighted by Crippen LogP contribution is -2.27. The van der Waals surface area contributed by atoms with Crippen molar-refractivity contribution in [3.8, 4) is 0 Å². The number of esters is 1. The first-order valence-corrected chi connectivity index (χ1v) is 9.77. The highest BCUT2D eigenvalue weighted by molar-refractivity contribution is 6.09. The fourth-order valence-corrected chi connectivity index (χ4v) is 2.95. The summed E-state index contributed by atoms with van der Waals surface area (Å²) in [6, 6.07) is 15.4. The van der Waals surface area contributed by atoms with E-state index in [9.17, 15) is 23.2 Å². The summed E-state index contributed by atoms with van der Waals surface area (Å²) in [5.41, 5.74) is 1.59. The molecule has 160 valence electrons. The van der Waals surface area contributed by atoms with Crippen LogP contribution in [0.2, 0.25) is 0 Å². The maximum absolute atomic E-state index is 12.4. The Kier molecular flexibility index (Phi) is 8.65. The number of hydrogen-bond acceptors (Lipinski definition) is 4. The maximum Gasteiger partial charge on any atom is 0.309 e. The summed E-state index contributed by atoms with van der Waals surface area (Å²) in [6.07, 6.45) is -2.14. The van der Waals surface area contributed by atoms with Crippen molar-refractivity contribution in [1.29, 1.82) is 0 Å². The van der Waals surface area contributed by atoms with E-state index in [1.165, 1.54) is 0 Å². The van der Waals surface area contributed by atoms with E-state index in [2.05, 4.69) is 10.1 Å². The van der Waals surface area contributed by atoms with Crippen molar-refractivity contribution in [3.05, 3.63) is 65.7 Å². The molecule has 1 N–H and O–H groups in total. The minimum Gasteiger partial charge on any atom is -0.459 e. The molecule has 0 saturated carbocycles. The Morgan fingerprint density at radius 3 is 2.13 bits per heavy atom. The normalized spacial score (nSPS) is 12.8. The first-order chi connectivity index (χ1) is 14.3. The fourth-order valence-electron chi connectivity index (χ4n) is 2.95. The highest BCUT2D eigenvalue weighted by Gasteiger charge is 2.25. The molecule has 2 rings (SSSR count). The molecule has 1 amide bonds. The van der Waals surface area contributed by atoms with Gasteiger partial charge in [-0.2, -0.15) is 0 Å². The van der Waals surface area contributed by atoms with Crippen molar-refractivity contribution < 1.29 is 27.9 Å². The zero-order valence-corrected chi connectivity index (χ0v) is 16.9. The van der Waals surface area contributed by atoms with E-state index in [0.29, 0.717) is 23.2 Å². The molecule has 0 fully saturated rings. The molecule has 0 spiro atoms. The van der Waals surface area contributed by atoms with E-state index in [4.69, 9.17) is 0 Å². The molecular formula is C23H25F2NO4. The standard InChI is InChI=1S/C23H25F2NO4/c1-3-16(23(29)30-14-20(24)25)13-15(2)22(28)26-19-11-9-18(10-12-19)21(27)17-7-5-4-6-8-17/h4-12,15-16,20H,3,13-14H2,1-2H3,(H,26,28). The van der Waals surface area contributed by atoms with Gasteiger partial charge in [-0.15, -0.1) is 0 Å². The minimum absolute atomic E-state index is 0.116. The summed E-state index contributed by atoms with van der Waals surface area (Å²) in [5.74, 6) is -2.30. The van der Waals surface area contributed by atoms with Crippen LogP contribution in [0.4, 0.5) is 14.5 Å². The SMILES string of the molecule is CCC(CC(C)C(=O)Nc1ccc(C(=O)c2ccccc2)cc1)C(=O)OCC(F)F. The highest BCUT2D eigenvalue weighted by atomic mass is 19.3. The minimum atomic E-state index is -2.72. The predicted octanol–water partition coefficient (Wildman–Crippen LogP) is 4.72. The summed E-state index contributed by atoms with van der Waals surface area (Å²) in [6.45, 7) is 2.46. The molecular weight excluding hydrogens is 392 g/mol. The smallest absolute Gasteiger partial charge is 0.309 e. The molecule has 5 nitrogen and oxygen atoms in total. The van der Waals surface area contributed by atoms with Crippen molar-refractivity contribution in [1.82, 2.24) is 0 Å². The monoisotopic (exact) mass is 417 g/mol. The van der Waals surface area contributed by atoms with Crippen LogP contribution in [0, 0.1) is 11.8 Å². The summed E-state index contributed by atoms with van der Waals surface area (Å²) in [7, 11) is 0. The second-order valence-electron chi connectivity index (χ2n) is 7.02. The Morgan fingerprint density at radius 1 is 0.967 bits per heavy atom. The van der Waals surface area contributed by atoms with Crippen LogP contribution in [0.5, 0.6) is 0 Å². The third-order valence-corrected chi connectivity index (χ3v) is 4.71. The van der Waals surface area contributed by atoms with Crippen LogP contribution in [0.25, 0.3) is 0 Å². The van der Waals surface area contributed by atoms with Crippen LogP contribution < -0.4 is 5.32 Å². The number of nitrogens with one attached hydrogen (secondary N) is 1. The number of hydrogen-bond donors (Lipinski definition) is 1. The Balaban J connectivity index is 1.93. The summed E-state index contributed by atoms with van der Waals surface area (Å²) in [4.78, 5) is 36.8. The van der Waals surface area contributed by atoms with Gasteiger partial charge in [0.2, 0.25) is 5.91 Å². The molecule has 0 aliphatic rings. The molecule has 7 heteroatoms. The number of rotatable bonds is 10. The Hall–Kier alpha value is -3.09. The van der Waals surface area contributed by atoms with Gasteiger partial charge in [0.15, 0.2) is 12.4 Å². The maximum atomic E-state index is 12.4.